The van der Waals surface area contributed by atoms with Gasteiger partial charge >= 0.3 is 12.1 Å². The van der Waals surface area contributed by atoms with Crippen molar-refractivity contribution in [3.63, 3.8) is 0 Å². The molecule has 0 atom stereocenters. The third kappa shape index (κ3) is 3.37. The first-order valence-electron chi connectivity index (χ1n) is 5.20. The summed E-state index contributed by atoms with van der Waals surface area (Å²) in [5.41, 5.74) is -2.31. The summed E-state index contributed by atoms with van der Waals surface area (Å²) < 4.78 is 47.1. The van der Waals surface area contributed by atoms with Crippen LogP contribution in [0.25, 0.3) is 0 Å². The maximum atomic E-state index is 12.7. The summed E-state index contributed by atoms with van der Waals surface area (Å²) in [6, 6.07) is 1.16. The zero-order valence-corrected chi connectivity index (χ0v) is 10.5. The summed E-state index contributed by atoms with van der Waals surface area (Å²) >= 11 is 0. The van der Waals surface area contributed by atoms with E-state index in [9.17, 15) is 28.1 Å². The van der Waals surface area contributed by atoms with E-state index in [1.165, 1.54) is 0 Å². The normalized spacial score (nSPS) is 11.1. The second kappa shape index (κ2) is 5.76. The molecule has 0 saturated heterocycles. The van der Waals surface area contributed by atoms with Gasteiger partial charge in [-0.15, -0.1) is 0 Å². The lowest BCUT2D eigenvalue weighted by molar-refractivity contribution is -0.385. The highest BCUT2D eigenvalue weighted by molar-refractivity contribution is 5.74. The second-order valence-corrected chi connectivity index (χ2v) is 3.69. The lowest BCUT2D eigenvalue weighted by Crippen LogP contribution is -2.12. The van der Waals surface area contributed by atoms with Crippen LogP contribution < -0.4 is 4.74 Å². The van der Waals surface area contributed by atoms with E-state index >= 15 is 0 Å². The molecule has 0 amide bonds. The van der Waals surface area contributed by atoms with E-state index in [0.717, 1.165) is 20.3 Å². The monoisotopic (exact) mass is 293 g/mol. The lowest BCUT2D eigenvalue weighted by atomic mass is 10.0. The molecule has 110 valence electrons. The number of carbonyl (C=O) groups excluding carboxylic acids is 1. The number of esters is 1. The molecular formula is C11H10F3NO5. The minimum Gasteiger partial charge on any atom is -0.496 e. The number of benzene rings is 1. The highest BCUT2D eigenvalue weighted by Gasteiger charge is 2.37. The van der Waals surface area contributed by atoms with Crippen LogP contribution in [0.15, 0.2) is 12.1 Å². The van der Waals surface area contributed by atoms with Gasteiger partial charge in [0.1, 0.15) is 11.3 Å². The Morgan fingerprint density at radius 2 is 1.95 bits per heavy atom. The topological polar surface area (TPSA) is 78.7 Å². The number of rotatable bonds is 4. The van der Waals surface area contributed by atoms with E-state index in [-0.39, 0.29) is 5.56 Å². The first-order valence-corrected chi connectivity index (χ1v) is 5.20. The molecule has 6 nitrogen and oxygen atoms in total. The fourth-order valence-electron chi connectivity index (χ4n) is 1.54. The molecule has 0 saturated carbocycles. The summed E-state index contributed by atoms with van der Waals surface area (Å²) in [4.78, 5) is 21.0. The van der Waals surface area contributed by atoms with Crippen molar-refractivity contribution in [1.29, 1.82) is 0 Å². The second-order valence-electron chi connectivity index (χ2n) is 3.69. The number of hydrogen-bond donors (Lipinski definition) is 0. The average Bonchev–Trinajstić information content (AvgIpc) is 2.36. The van der Waals surface area contributed by atoms with Crippen LogP contribution in [-0.4, -0.2) is 25.1 Å². The van der Waals surface area contributed by atoms with Gasteiger partial charge in [-0.1, -0.05) is 0 Å². The van der Waals surface area contributed by atoms with Crippen LogP contribution in [-0.2, 0) is 22.1 Å². The number of ether oxygens (including phenoxy) is 2. The number of alkyl halides is 3. The molecule has 0 fully saturated rings. The Balaban J connectivity index is 3.45. The molecule has 1 aromatic rings. The van der Waals surface area contributed by atoms with Crippen LogP contribution in [0.5, 0.6) is 5.75 Å². The van der Waals surface area contributed by atoms with Crippen molar-refractivity contribution in [2.24, 2.45) is 0 Å². The highest BCUT2D eigenvalue weighted by Crippen LogP contribution is 2.40. The third-order valence-corrected chi connectivity index (χ3v) is 2.47. The summed E-state index contributed by atoms with van der Waals surface area (Å²) in [5.74, 6) is -1.41. The van der Waals surface area contributed by atoms with Gasteiger partial charge in [-0.25, -0.2) is 0 Å². The van der Waals surface area contributed by atoms with Crippen LogP contribution in [0.2, 0.25) is 0 Å². The Morgan fingerprint density at radius 1 is 1.35 bits per heavy atom. The maximum absolute atomic E-state index is 12.7. The van der Waals surface area contributed by atoms with Crippen molar-refractivity contribution >= 4 is 11.7 Å². The Hall–Kier alpha value is -2.32. The van der Waals surface area contributed by atoms with Crippen LogP contribution in [0.3, 0.4) is 0 Å². The van der Waals surface area contributed by atoms with Gasteiger partial charge in [0.2, 0.25) is 0 Å². The molecule has 9 heteroatoms. The number of nitro groups is 1. The van der Waals surface area contributed by atoms with E-state index in [2.05, 4.69) is 9.47 Å². The zero-order valence-electron chi connectivity index (χ0n) is 10.5. The van der Waals surface area contributed by atoms with Crippen LogP contribution in [0.1, 0.15) is 11.1 Å². The van der Waals surface area contributed by atoms with E-state index in [1.54, 1.807) is 0 Å². The molecule has 0 unspecified atom stereocenters. The predicted octanol–water partition coefficient (Wildman–Crippen LogP) is 2.34. The maximum Gasteiger partial charge on any atom is 0.420 e. The number of methoxy groups -OCH3 is 2. The van der Waals surface area contributed by atoms with Crippen molar-refractivity contribution < 1.29 is 32.4 Å². The summed E-state index contributed by atoms with van der Waals surface area (Å²) in [5, 5.41) is 10.8. The lowest BCUT2D eigenvalue weighted by Gasteiger charge is -2.13. The molecule has 20 heavy (non-hydrogen) atoms. The SMILES string of the molecule is COC(=O)Cc1cc(OC)c(C(F)(F)F)cc1[N+](=O)[O-]. The molecule has 0 N–H and O–H groups in total. The Morgan fingerprint density at radius 3 is 2.35 bits per heavy atom. The molecule has 1 aromatic carbocycles. The predicted molar refractivity (Wildman–Crippen MR) is 60.4 cm³/mol. The minimum absolute atomic E-state index is 0.216. The molecule has 0 heterocycles. The van der Waals surface area contributed by atoms with Gasteiger partial charge in [-0.3, -0.25) is 14.9 Å². The molecule has 0 radical (unpaired) electrons. The van der Waals surface area contributed by atoms with Crippen LogP contribution in [0.4, 0.5) is 18.9 Å². The fourth-order valence-corrected chi connectivity index (χ4v) is 1.54. The van der Waals surface area contributed by atoms with Gasteiger partial charge in [0.15, 0.2) is 0 Å². The van der Waals surface area contributed by atoms with Crippen LogP contribution in [0, 0.1) is 10.1 Å². The van der Waals surface area contributed by atoms with Gasteiger partial charge < -0.3 is 9.47 Å². The Bertz CT molecular complexity index is 542. The number of carbonyl (C=O) groups is 1. The van der Waals surface area contributed by atoms with Crippen molar-refractivity contribution in [3.05, 3.63) is 33.4 Å². The standard InChI is InChI=1S/C11H10F3NO5/c1-19-9-3-6(4-10(16)20-2)8(15(17)18)5-7(9)11(12,13)14/h3,5H,4H2,1-2H3. The third-order valence-electron chi connectivity index (χ3n) is 2.47. The first kappa shape index (κ1) is 15.7. The van der Waals surface area contributed by atoms with Gasteiger partial charge in [0.05, 0.1) is 25.6 Å². The van der Waals surface area contributed by atoms with E-state index in [0.29, 0.717) is 6.07 Å². The van der Waals surface area contributed by atoms with Gasteiger partial charge in [-0.2, -0.15) is 13.2 Å². The number of halogens is 3. The average molecular weight is 293 g/mol. The number of hydrogen-bond acceptors (Lipinski definition) is 5. The highest BCUT2D eigenvalue weighted by atomic mass is 19.4. The fraction of sp³-hybridized carbons (Fsp3) is 0.364. The largest absolute Gasteiger partial charge is 0.496 e. The number of nitrogens with zero attached hydrogens (tertiary/aromatic N) is 1. The van der Waals surface area contributed by atoms with Crippen LogP contribution >= 0.6 is 0 Å². The van der Waals surface area contributed by atoms with E-state index in [4.69, 9.17) is 0 Å². The van der Waals surface area contributed by atoms with Crippen molar-refractivity contribution in [3.8, 4) is 5.75 Å². The molecule has 1 rings (SSSR count). The molecule has 0 aliphatic heterocycles. The van der Waals surface area contributed by atoms with Gasteiger partial charge in [0, 0.05) is 11.6 Å². The minimum atomic E-state index is -4.81. The Labute approximate surface area is 111 Å². The number of nitro benzene ring substituents is 1. The summed E-state index contributed by atoms with van der Waals surface area (Å²) in [7, 11) is 2.06. The summed E-state index contributed by atoms with van der Waals surface area (Å²) in [6.07, 6.45) is -5.33. The van der Waals surface area contributed by atoms with E-state index in [1.807, 2.05) is 0 Å². The van der Waals surface area contributed by atoms with Gasteiger partial charge in [0.25, 0.3) is 5.69 Å². The zero-order chi connectivity index (χ0) is 15.5. The summed E-state index contributed by atoms with van der Waals surface area (Å²) in [6.45, 7) is 0. The van der Waals surface area contributed by atoms with Crippen molar-refractivity contribution in [2.75, 3.05) is 14.2 Å². The van der Waals surface area contributed by atoms with Crippen molar-refractivity contribution in [2.45, 2.75) is 12.6 Å². The smallest absolute Gasteiger partial charge is 0.420 e. The quantitative estimate of drug-likeness (QED) is 0.483. The molecule has 0 spiro atoms. The molecule has 0 bridgehead atoms. The van der Waals surface area contributed by atoms with Gasteiger partial charge in [-0.05, 0) is 6.07 Å². The van der Waals surface area contributed by atoms with Crippen molar-refractivity contribution in [1.82, 2.24) is 0 Å². The molecular weight excluding hydrogens is 283 g/mol. The molecule has 0 aliphatic carbocycles. The Kier molecular flexibility index (Phi) is 4.53. The first-order chi connectivity index (χ1) is 9.20. The van der Waals surface area contributed by atoms with E-state index < -0.39 is 40.5 Å². The molecule has 0 aliphatic rings. The molecule has 0 aromatic heterocycles.